The molecule has 0 aliphatic carbocycles. The molecular weight excluding hydrogens is 360 g/mol. The molecule has 7 heteroatoms. The average molecular weight is 378 g/mol. The molecule has 136 valence electrons. The summed E-state index contributed by atoms with van der Waals surface area (Å²) in [5.41, 5.74) is 5.30. The zero-order chi connectivity index (χ0) is 18.8. The van der Waals surface area contributed by atoms with Crippen LogP contribution in [0.2, 0.25) is 0 Å². The minimum absolute atomic E-state index is 0.466. The van der Waals surface area contributed by atoms with Gasteiger partial charge in [0.2, 0.25) is 17.7 Å². The molecule has 0 aliphatic heterocycles. The van der Waals surface area contributed by atoms with Crippen molar-refractivity contribution in [3.05, 3.63) is 65.0 Å². The number of nitrogens with zero attached hydrogens (tertiary/aromatic N) is 4. The van der Waals surface area contributed by atoms with Gasteiger partial charge in [-0.15, -0.1) is 20.4 Å². The van der Waals surface area contributed by atoms with E-state index in [2.05, 4.69) is 26.5 Å². The van der Waals surface area contributed by atoms with Gasteiger partial charge in [-0.05, 0) is 45.0 Å². The van der Waals surface area contributed by atoms with Gasteiger partial charge in [0, 0.05) is 11.1 Å². The van der Waals surface area contributed by atoms with Crippen molar-refractivity contribution in [3.63, 3.8) is 0 Å². The monoisotopic (exact) mass is 378 g/mol. The average Bonchev–Trinajstić information content (AvgIpc) is 3.29. The summed E-state index contributed by atoms with van der Waals surface area (Å²) < 4.78 is 11.5. The van der Waals surface area contributed by atoms with Crippen molar-refractivity contribution in [1.29, 1.82) is 0 Å². The molecule has 0 bridgehead atoms. The number of rotatable bonds is 5. The molecule has 2 aromatic carbocycles. The highest BCUT2D eigenvalue weighted by Crippen LogP contribution is 2.27. The molecule has 0 aliphatic rings. The van der Waals surface area contributed by atoms with Crippen LogP contribution in [0, 0.1) is 20.8 Å². The van der Waals surface area contributed by atoms with Crippen LogP contribution in [-0.2, 0) is 5.75 Å². The Bertz CT molecular complexity index is 1070. The van der Waals surface area contributed by atoms with Crippen LogP contribution in [0.1, 0.15) is 22.6 Å². The topological polar surface area (TPSA) is 77.8 Å². The van der Waals surface area contributed by atoms with Crippen LogP contribution in [0.3, 0.4) is 0 Å². The summed E-state index contributed by atoms with van der Waals surface area (Å²) in [6, 6.07) is 14.1. The lowest BCUT2D eigenvalue weighted by Gasteiger charge is -1.99. The Morgan fingerprint density at radius 2 is 1.44 bits per heavy atom. The molecule has 0 radical (unpaired) electrons. The van der Waals surface area contributed by atoms with Crippen LogP contribution in [0.25, 0.3) is 22.9 Å². The molecular formula is C20H18N4O2S. The van der Waals surface area contributed by atoms with Gasteiger partial charge in [0.25, 0.3) is 5.22 Å². The molecule has 0 spiro atoms. The summed E-state index contributed by atoms with van der Waals surface area (Å²) in [5.74, 6) is 2.00. The van der Waals surface area contributed by atoms with Crippen molar-refractivity contribution in [3.8, 4) is 22.9 Å². The summed E-state index contributed by atoms with van der Waals surface area (Å²) >= 11 is 1.37. The highest BCUT2D eigenvalue weighted by molar-refractivity contribution is 7.98. The van der Waals surface area contributed by atoms with Crippen LogP contribution in [0.15, 0.2) is 56.5 Å². The Labute approximate surface area is 161 Å². The lowest BCUT2D eigenvalue weighted by Crippen LogP contribution is -1.82. The summed E-state index contributed by atoms with van der Waals surface area (Å²) in [7, 11) is 0. The number of thioether (sulfide) groups is 1. The van der Waals surface area contributed by atoms with Gasteiger partial charge < -0.3 is 8.83 Å². The SMILES string of the molecule is Cc1cccc(-c2nnc(CSc3nnc(-c4cc(C)cc(C)c4)o3)o2)c1. The van der Waals surface area contributed by atoms with Gasteiger partial charge >= 0.3 is 0 Å². The second kappa shape index (κ2) is 7.36. The van der Waals surface area contributed by atoms with E-state index in [1.165, 1.54) is 11.8 Å². The predicted molar refractivity (Wildman–Crippen MR) is 103 cm³/mol. The van der Waals surface area contributed by atoms with Gasteiger partial charge in [0.15, 0.2) is 0 Å². The van der Waals surface area contributed by atoms with Crippen LogP contribution < -0.4 is 0 Å². The third-order valence-corrected chi connectivity index (χ3v) is 4.73. The van der Waals surface area contributed by atoms with Crippen molar-refractivity contribution in [2.24, 2.45) is 0 Å². The fraction of sp³-hybridized carbons (Fsp3) is 0.200. The maximum absolute atomic E-state index is 5.76. The first-order valence-corrected chi connectivity index (χ1v) is 9.50. The number of hydrogen-bond acceptors (Lipinski definition) is 7. The molecule has 0 saturated heterocycles. The molecule has 0 fully saturated rings. The molecule has 27 heavy (non-hydrogen) atoms. The van der Waals surface area contributed by atoms with Crippen molar-refractivity contribution < 1.29 is 8.83 Å². The molecule has 2 heterocycles. The van der Waals surface area contributed by atoms with Gasteiger partial charge in [-0.3, -0.25) is 0 Å². The van der Waals surface area contributed by atoms with Crippen molar-refractivity contribution in [2.45, 2.75) is 31.7 Å². The Morgan fingerprint density at radius 3 is 2.22 bits per heavy atom. The lowest BCUT2D eigenvalue weighted by molar-refractivity contribution is 0.464. The maximum Gasteiger partial charge on any atom is 0.277 e. The van der Waals surface area contributed by atoms with E-state index < -0.39 is 0 Å². The second-order valence-corrected chi connectivity index (χ2v) is 7.34. The normalized spacial score (nSPS) is 11.1. The number of benzene rings is 2. The Kier molecular flexibility index (Phi) is 4.77. The fourth-order valence-corrected chi connectivity index (χ4v) is 3.41. The Hall–Kier alpha value is -2.93. The second-order valence-electron chi connectivity index (χ2n) is 6.41. The zero-order valence-electron chi connectivity index (χ0n) is 15.3. The summed E-state index contributed by atoms with van der Waals surface area (Å²) in [6.07, 6.45) is 0. The van der Waals surface area contributed by atoms with E-state index in [1.54, 1.807) is 0 Å². The third kappa shape index (κ3) is 4.09. The first-order valence-electron chi connectivity index (χ1n) is 8.51. The van der Waals surface area contributed by atoms with E-state index in [0.717, 1.165) is 27.8 Å². The third-order valence-electron chi connectivity index (χ3n) is 3.93. The van der Waals surface area contributed by atoms with Crippen LogP contribution in [-0.4, -0.2) is 20.4 Å². The molecule has 0 amide bonds. The largest absolute Gasteiger partial charge is 0.420 e. The van der Waals surface area contributed by atoms with E-state index in [0.29, 0.717) is 28.6 Å². The first kappa shape index (κ1) is 17.5. The van der Waals surface area contributed by atoms with Gasteiger partial charge in [0.05, 0.1) is 5.75 Å². The molecule has 0 saturated carbocycles. The van der Waals surface area contributed by atoms with Gasteiger partial charge in [-0.2, -0.15) is 0 Å². The van der Waals surface area contributed by atoms with E-state index in [-0.39, 0.29) is 0 Å². The number of aromatic nitrogens is 4. The van der Waals surface area contributed by atoms with Crippen molar-refractivity contribution in [2.75, 3.05) is 0 Å². The molecule has 4 aromatic rings. The highest BCUT2D eigenvalue weighted by atomic mass is 32.2. The van der Waals surface area contributed by atoms with Crippen LogP contribution in [0.5, 0.6) is 0 Å². The standard InChI is InChI=1S/C20H18N4O2S/c1-12-5-4-6-15(8-12)18-22-21-17(25-18)11-27-20-24-23-19(26-20)16-9-13(2)7-14(3)10-16/h4-10H,11H2,1-3H3. The summed E-state index contributed by atoms with van der Waals surface area (Å²) in [5, 5.41) is 16.9. The molecule has 6 nitrogen and oxygen atoms in total. The van der Waals surface area contributed by atoms with E-state index in [9.17, 15) is 0 Å². The van der Waals surface area contributed by atoms with Crippen molar-refractivity contribution >= 4 is 11.8 Å². The smallest absolute Gasteiger partial charge is 0.277 e. The summed E-state index contributed by atoms with van der Waals surface area (Å²) in [4.78, 5) is 0. The number of hydrogen-bond donors (Lipinski definition) is 0. The number of aryl methyl sites for hydroxylation is 3. The van der Waals surface area contributed by atoms with Gasteiger partial charge in [-0.1, -0.05) is 46.7 Å². The minimum Gasteiger partial charge on any atom is -0.420 e. The molecule has 0 atom stereocenters. The van der Waals surface area contributed by atoms with E-state index in [4.69, 9.17) is 8.83 Å². The van der Waals surface area contributed by atoms with Crippen LogP contribution in [0.4, 0.5) is 0 Å². The van der Waals surface area contributed by atoms with Crippen LogP contribution >= 0.6 is 11.8 Å². The van der Waals surface area contributed by atoms with E-state index in [1.807, 2.05) is 57.2 Å². The van der Waals surface area contributed by atoms with Crippen molar-refractivity contribution in [1.82, 2.24) is 20.4 Å². The maximum atomic E-state index is 5.76. The minimum atomic E-state index is 0.466. The Balaban J connectivity index is 1.45. The summed E-state index contributed by atoms with van der Waals surface area (Å²) in [6.45, 7) is 6.12. The molecule has 2 aromatic heterocycles. The molecule has 0 N–H and O–H groups in total. The quantitative estimate of drug-likeness (QED) is 0.452. The highest BCUT2D eigenvalue weighted by Gasteiger charge is 2.13. The lowest BCUT2D eigenvalue weighted by atomic mass is 10.1. The first-order chi connectivity index (χ1) is 13.1. The zero-order valence-corrected chi connectivity index (χ0v) is 16.1. The van der Waals surface area contributed by atoms with Gasteiger partial charge in [-0.25, -0.2) is 0 Å². The van der Waals surface area contributed by atoms with E-state index >= 15 is 0 Å². The fourth-order valence-electron chi connectivity index (χ4n) is 2.81. The Morgan fingerprint density at radius 1 is 0.741 bits per heavy atom. The molecule has 0 unspecified atom stereocenters. The predicted octanol–water partition coefficient (Wildman–Crippen LogP) is 5.00. The molecule has 4 rings (SSSR count). The van der Waals surface area contributed by atoms with Gasteiger partial charge in [0.1, 0.15) is 0 Å².